The highest BCUT2D eigenvalue weighted by molar-refractivity contribution is 7.99. The molecule has 1 saturated heterocycles. The van der Waals surface area contributed by atoms with Crippen LogP contribution in [0.4, 0.5) is 0 Å². The Labute approximate surface area is 161 Å². The van der Waals surface area contributed by atoms with Gasteiger partial charge in [-0.3, -0.25) is 14.2 Å². The van der Waals surface area contributed by atoms with Crippen molar-refractivity contribution < 1.29 is 9.53 Å². The minimum atomic E-state index is -0.185. The average molecular weight is 386 g/mol. The van der Waals surface area contributed by atoms with E-state index in [-0.39, 0.29) is 23.3 Å². The quantitative estimate of drug-likeness (QED) is 0.579. The summed E-state index contributed by atoms with van der Waals surface area (Å²) in [6, 6.07) is 7.00. The monoisotopic (exact) mass is 386 g/mol. The maximum absolute atomic E-state index is 13.0. The number of fused-ring (bicyclic) bond motifs is 1. The molecular formula is C19H22N4O3S. The molecule has 1 fully saturated rings. The first-order valence-corrected chi connectivity index (χ1v) is 10.1. The van der Waals surface area contributed by atoms with E-state index in [1.807, 2.05) is 6.92 Å². The average Bonchev–Trinajstić information content (AvgIpc) is 3.19. The first-order chi connectivity index (χ1) is 13.1. The molecule has 2 aromatic rings. The molecule has 3 rings (SSSR count). The number of aromatic nitrogens is 2. The third kappa shape index (κ3) is 4.49. The van der Waals surface area contributed by atoms with Crippen LogP contribution < -0.4 is 10.9 Å². The lowest BCUT2D eigenvalue weighted by Gasteiger charge is -2.16. The Hall–Kier alpha value is -2.37. The van der Waals surface area contributed by atoms with Crippen LogP contribution in [0.2, 0.25) is 0 Å². The Kier molecular flexibility index (Phi) is 6.48. The highest BCUT2D eigenvalue weighted by atomic mass is 32.2. The van der Waals surface area contributed by atoms with Crippen molar-refractivity contribution in [1.82, 2.24) is 14.9 Å². The molecule has 142 valence electrons. The van der Waals surface area contributed by atoms with Gasteiger partial charge in [-0.15, -0.1) is 0 Å². The van der Waals surface area contributed by atoms with Crippen molar-refractivity contribution in [3.8, 4) is 6.07 Å². The molecule has 1 aliphatic rings. The van der Waals surface area contributed by atoms with E-state index < -0.39 is 0 Å². The van der Waals surface area contributed by atoms with E-state index in [1.54, 1.807) is 22.8 Å². The summed E-state index contributed by atoms with van der Waals surface area (Å²) < 4.78 is 7.25. The molecule has 2 heterocycles. The van der Waals surface area contributed by atoms with Crippen molar-refractivity contribution in [3.05, 3.63) is 34.1 Å². The van der Waals surface area contributed by atoms with Crippen LogP contribution in [0, 0.1) is 11.3 Å². The second kappa shape index (κ2) is 9.02. The minimum absolute atomic E-state index is 0.0116. The summed E-state index contributed by atoms with van der Waals surface area (Å²) in [5.41, 5.74) is 0.764. The van der Waals surface area contributed by atoms with Gasteiger partial charge in [0, 0.05) is 18.7 Å². The lowest BCUT2D eigenvalue weighted by atomic mass is 10.1. The molecule has 7 nitrogen and oxygen atoms in total. The third-order valence-corrected chi connectivity index (χ3v) is 5.24. The fourth-order valence-electron chi connectivity index (χ4n) is 3.04. The second-order valence-corrected chi connectivity index (χ2v) is 7.32. The van der Waals surface area contributed by atoms with E-state index in [0.717, 1.165) is 19.3 Å². The van der Waals surface area contributed by atoms with E-state index in [9.17, 15) is 9.59 Å². The summed E-state index contributed by atoms with van der Waals surface area (Å²) in [4.78, 5) is 29.8. The Morgan fingerprint density at radius 2 is 2.37 bits per heavy atom. The van der Waals surface area contributed by atoms with Gasteiger partial charge in [0.15, 0.2) is 5.16 Å². The Balaban J connectivity index is 2.01. The summed E-state index contributed by atoms with van der Waals surface area (Å²) in [5.74, 6) is 0.00969. The number of nitrogens with zero attached hydrogens (tertiary/aromatic N) is 3. The smallest absolute Gasteiger partial charge is 0.262 e. The van der Waals surface area contributed by atoms with Crippen LogP contribution in [-0.2, 0) is 11.3 Å². The van der Waals surface area contributed by atoms with E-state index in [2.05, 4.69) is 16.4 Å². The van der Waals surface area contributed by atoms with Crippen molar-refractivity contribution in [3.63, 3.8) is 0 Å². The number of nitrogens with one attached hydrogen (secondary N) is 1. The number of benzene rings is 1. The van der Waals surface area contributed by atoms with Gasteiger partial charge in [-0.05, 0) is 37.5 Å². The van der Waals surface area contributed by atoms with Gasteiger partial charge in [0.1, 0.15) is 0 Å². The number of carbonyl (C=O) groups excluding carboxylic acids is 1. The van der Waals surface area contributed by atoms with Crippen LogP contribution in [0.5, 0.6) is 0 Å². The number of thioether (sulfide) groups is 1. The lowest BCUT2D eigenvalue weighted by Crippen LogP contribution is -2.29. The van der Waals surface area contributed by atoms with Gasteiger partial charge in [0.05, 0.1) is 35.4 Å². The maximum atomic E-state index is 13.0. The van der Waals surface area contributed by atoms with E-state index in [1.165, 1.54) is 11.8 Å². The van der Waals surface area contributed by atoms with Gasteiger partial charge in [0.25, 0.3) is 11.5 Å². The number of rotatable bonds is 7. The van der Waals surface area contributed by atoms with Crippen molar-refractivity contribution in [2.45, 2.75) is 44.0 Å². The van der Waals surface area contributed by atoms with Crippen LogP contribution in [0.25, 0.3) is 10.9 Å². The fraction of sp³-hybridized carbons (Fsp3) is 0.474. The van der Waals surface area contributed by atoms with Crippen LogP contribution >= 0.6 is 11.8 Å². The number of ether oxygens (including phenoxy) is 1. The molecule has 0 bridgehead atoms. The third-order valence-electron chi connectivity index (χ3n) is 4.39. The SMILES string of the molecule is CCCNC(=O)c1ccc2c(=O)n(C[C@@H]3CCCO3)c(SCC#N)nc2c1. The predicted molar refractivity (Wildman–Crippen MR) is 104 cm³/mol. The van der Waals surface area contributed by atoms with Gasteiger partial charge in [0.2, 0.25) is 0 Å². The summed E-state index contributed by atoms with van der Waals surface area (Å²) in [7, 11) is 0. The largest absolute Gasteiger partial charge is 0.376 e. The maximum Gasteiger partial charge on any atom is 0.262 e. The van der Waals surface area contributed by atoms with Crippen molar-refractivity contribution >= 4 is 28.6 Å². The summed E-state index contributed by atoms with van der Waals surface area (Å²) in [6.45, 7) is 3.71. The van der Waals surface area contributed by atoms with E-state index in [4.69, 9.17) is 10.00 Å². The predicted octanol–water partition coefficient (Wildman–Crippen LogP) is 2.33. The number of hydrogen-bond donors (Lipinski definition) is 1. The zero-order valence-electron chi connectivity index (χ0n) is 15.2. The van der Waals surface area contributed by atoms with Crippen molar-refractivity contribution in [2.24, 2.45) is 0 Å². The van der Waals surface area contributed by atoms with Gasteiger partial charge < -0.3 is 10.1 Å². The van der Waals surface area contributed by atoms with Gasteiger partial charge in [-0.1, -0.05) is 18.7 Å². The molecule has 1 amide bonds. The van der Waals surface area contributed by atoms with E-state index >= 15 is 0 Å². The first kappa shape index (κ1) is 19.4. The van der Waals surface area contributed by atoms with Crippen molar-refractivity contribution in [1.29, 1.82) is 5.26 Å². The molecule has 0 aliphatic carbocycles. The molecule has 1 atom stereocenters. The van der Waals surface area contributed by atoms with Crippen LogP contribution in [-0.4, -0.2) is 40.5 Å². The van der Waals surface area contributed by atoms with Gasteiger partial charge in [-0.25, -0.2) is 4.98 Å². The molecule has 1 aromatic heterocycles. The molecule has 1 N–H and O–H groups in total. The van der Waals surface area contributed by atoms with Crippen LogP contribution in [0.1, 0.15) is 36.5 Å². The summed E-state index contributed by atoms with van der Waals surface area (Å²) >= 11 is 1.22. The topological polar surface area (TPSA) is 97.0 Å². The second-order valence-electron chi connectivity index (χ2n) is 6.38. The molecule has 1 aromatic carbocycles. The van der Waals surface area contributed by atoms with Crippen LogP contribution in [0.15, 0.2) is 28.2 Å². The number of amides is 1. The normalized spacial score (nSPS) is 16.4. The molecule has 27 heavy (non-hydrogen) atoms. The van der Waals surface area contributed by atoms with Crippen molar-refractivity contribution in [2.75, 3.05) is 18.9 Å². The van der Waals surface area contributed by atoms with Gasteiger partial charge in [-0.2, -0.15) is 5.26 Å². The number of hydrogen-bond acceptors (Lipinski definition) is 6. The summed E-state index contributed by atoms with van der Waals surface area (Å²) in [5, 5.41) is 12.7. The molecule has 0 unspecified atom stereocenters. The van der Waals surface area contributed by atoms with E-state index in [0.29, 0.717) is 41.3 Å². The Bertz CT molecular complexity index is 929. The standard InChI is InChI=1S/C19H22N4O3S/c1-2-8-21-17(24)13-5-6-15-16(11-13)22-19(27-10-7-20)23(18(15)25)12-14-4-3-9-26-14/h5-6,11,14H,2-4,8-10,12H2,1H3,(H,21,24)/t14-/m0/s1. The van der Waals surface area contributed by atoms with Crippen LogP contribution in [0.3, 0.4) is 0 Å². The molecule has 8 heteroatoms. The van der Waals surface area contributed by atoms with Gasteiger partial charge >= 0.3 is 0 Å². The first-order valence-electron chi connectivity index (χ1n) is 9.08. The molecular weight excluding hydrogens is 364 g/mol. The fourth-order valence-corrected chi connectivity index (χ4v) is 3.71. The molecule has 0 radical (unpaired) electrons. The minimum Gasteiger partial charge on any atom is -0.376 e. The zero-order chi connectivity index (χ0) is 19.2. The Morgan fingerprint density at radius 1 is 1.52 bits per heavy atom. The highest BCUT2D eigenvalue weighted by Gasteiger charge is 2.20. The molecule has 0 saturated carbocycles. The Morgan fingerprint density at radius 3 is 3.07 bits per heavy atom. The molecule has 0 spiro atoms. The zero-order valence-corrected chi connectivity index (χ0v) is 16.1. The highest BCUT2D eigenvalue weighted by Crippen LogP contribution is 2.21. The molecule has 1 aliphatic heterocycles. The summed E-state index contributed by atoms with van der Waals surface area (Å²) in [6.07, 6.45) is 2.73. The number of carbonyl (C=O) groups is 1. The lowest BCUT2D eigenvalue weighted by molar-refractivity contribution is 0.0937. The number of nitriles is 1.